The molecule has 0 aromatic heterocycles. The Labute approximate surface area is 110 Å². The second kappa shape index (κ2) is 4.62. The number of hydrogen-bond donors (Lipinski definition) is 0. The lowest BCUT2D eigenvalue weighted by molar-refractivity contribution is -0.137. The van der Waals surface area contributed by atoms with Gasteiger partial charge in [-0.25, -0.2) is 0 Å². The molecular weight excluding hydrogens is 249 g/mol. The lowest BCUT2D eigenvalue weighted by Crippen LogP contribution is -2.08. The summed E-state index contributed by atoms with van der Waals surface area (Å²) in [6.45, 7) is 3.88. The highest BCUT2D eigenvalue weighted by Gasteiger charge is 2.34. The van der Waals surface area contributed by atoms with Crippen LogP contribution >= 0.6 is 0 Å². The van der Waals surface area contributed by atoms with Gasteiger partial charge < -0.3 is 0 Å². The van der Waals surface area contributed by atoms with Crippen molar-refractivity contribution in [3.63, 3.8) is 0 Å². The van der Waals surface area contributed by atoms with Crippen LogP contribution in [0.5, 0.6) is 0 Å². The molecule has 0 bridgehead atoms. The molecule has 0 nitrogen and oxygen atoms in total. The second-order valence-corrected chi connectivity index (χ2v) is 4.73. The summed E-state index contributed by atoms with van der Waals surface area (Å²) in [5.41, 5.74) is 0.0430. The average molecular weight is 262 g/mol. The number of alkyl halides is 3. The van der Waals surface area contributed by atoms with Gasteiger partial charge in [-0.05, 0) is 22.9 Å². The lowest BCUT2D eigenvalue weighted by Gasteiger charge is -2.16. The van der Waals surface area contributed by atoms with E-state index < -0.39 is 11.7 Å². The SMILES string of the molecule is C#Cc1c(C(F)(F)F)ccc2cccc(C(C)C)c12. The molecule has 0 aliphatic rings. The normalized spacial score (nSPS) is 11.8. The maximum atomic E-state index is 13.0. The molecule has 0 heterocycles. The summed E-state index contributed by atoms with van der Waals surface area (Å²) in [6.07, 6.45) is 0.902. The van der Waals surface area contributed by atoms with E-state index >= 15 is 0 Å². The maximum absolute atomic E-state index is 13.0. The molecule has 0 radical (unpaired) electrons. The molecule has 0 aliphatic carbocycles. The summed E-state index contributed by atoms with van der Waals surface area (Å²) in [7, 11) is 0. The van der Waals surface area contributed by atoms with Crippen LogP contribution in [-0.2, 0) is 6.18 Å². The molecule has 0 unspecified atom stereocenters. The monoisotopic (exact) mass is 262 g/mol. The maximum Gasteiger partial charge on any atom is 0.417 e. The molecule has 3 heteroatoms. The molecule has 0 N–H and O–H groups in total. The Balaban J connectivity index is 2.93. The first-order chi connectivity index (χ1) is 8.86. The van der Waals surface area contributed by atoms with Gasteiger partial charge >= 0.3 is 6.18 Å². The zero-order valence-corrected chi connectivity index (χ0v) is 10.7. The van der Waals surface area contributed by atoms with Crippen molar-refractivity contribution >= 4 is 10.8 Å². The van der Waals surface area contributed by atoms with Crippen LogP contribution in [0.1, 0.15) is 36.5 Å². The predicted octanol–water partition coefficient (Wildman–Crippen LogP) is 4.96. The van der Waals surface area contributed by atoms with E-state index in [-0.39, 0.29) is 11.5 Å². The molecule has 2 aromatic rings. The topological polar surface area (TPSA) is 0 Å². The van der Waals surface area contributed by atoms with Crippen molar-refractivity contribution in [3.05, 3.63) is 47.0 Å². The number of terminal acetylenes is 1. The molecule has 0 amide bonds. The number of hydrogen-bond acceptors (Lipinski definition) is 0. The van der Waals surface area contributed by atoms with Crippen molar-refractivity contribution in [1.82, 2.24) is 0 Å². The van der Waals surface area contributed by atoms with Crippen LogP contribution < -0.4 is 0 Å². The summed E-state index contributed by atoms with van der Waals surface area (Å²) in [4.78, 5) is 0. The Morgan fingerprint density at radius 1 is 1.11 bits per heavy atom. The minimum Gasteiger partial charge on any atom is -0.166 e. The molecule has 19 heavy (non-hydrogen) atoms. The molecule has 2 rings (SSSR count). The van der Waals surface area contributed by atoms with Gasteiger partial charge in [0.05, 0.1) is 5.56 Å². The highest BCUT2D eigenvalue weighted by atomic mass is 19.4. The van der Waals surface area contributed by atoms with Crippen molar-refractivity contribution in [3.8, 4) is 12.3 Å². The fourth-order valence-corrected chi connectivity index (χ4v) is 2.27. The van der Waals surface area contributed by atoms with Crippen molar-refractivity contribution in [1.29, 1.82) is 0 Å². The largest absolute Gasteiger partial charge is 0.417 e. The van der Waals surface area contributed by atoms with Gasteiger partial charge in [-0.15, -0.1) is 6.42 Å². The highest BCUT2D eigenvalue weighted by Crippen LogP contribution is 2.37. The Bertz CT molecular complexity index is 658. The standard InChI is InChI=1S/C16H13F3/c1-4-12-14(16(17,18)19)9-8-11-6-5-7-13(10(2)3)15(11)12/h1,5-10H,2-3H3. The van der Waals surface area contributed by atoms with Gasteiger partial charge in [0.1, 0.15) is 0 Å². The van der Waals surface area contributed by atoms with Crippen molar-refractivity contribution in [2.75, 3.05) is 0 Å². The Kier molecular flexibility index (Phi) is 3.28. The molecular formula is C16H13F3. The second-order valence-electron chi connectivity index (χ2n) is 4.73. The molecule has 0 atom stereocenters. The third-order valence-electron chi connectivity index (χ3n) is 3.15. The average Bonchev–Trinajstić information content (AvgIpc) is 2.35. The van der Waals surface area contributed by atoms with E-state index in [0.717, 1.165) is 17.0 Å². The van der Waals surface area contributed by atoms with Gasteiger partial charge in [-0.1, -0.05) is 44.0 Å². The van der Waals surface area contributed by atoms with Gasteiger partial charge in [0.15, 0.2) is 0 Å². The van der Waals surface area contributed by atoms with E-state index in [4.69, 9.17) is 6.42 Å². The van der Waals surface area contributed by atoms with Gasteiger partial charge in [-0.2, -0.15) is 13.2 Å². The van der Waals surface area contributed by atoms with Crippen LogP contribution in [0.2, 0.25) is 0 Å². The first-order valence-corrected chi connectivity index (χ1v) is 5.95. The van der Waals surface area contributed by atoms with Crippen molar-refractivity contribution in [2.24, 2.45) is 0 Å². The summed E-state index contributed by atoms with van der Waals surface area (Å²) in [5.74, 6) is 2.33. The van der Waals surface area contributed by atoms with E-state index in [1.165, 1.54) is 6.07 Å². The molecule has 0 spiro atoms. The van der Waals surface area contributed by atoms with Crippen LogP contribution in [0, 0.1) is 12.3 Å². The minimum absolute atomic E-state index is 0.0608. The van der Waals surface area contributed by atoms with E-state index in [1.807, 2.05) is 26.0 Å². The Morgan fingerprint density at radius 2 is 1.79 bits per heavy atom. The van der Waals surface area contributed by atoms with Gasteiger partial charge in [-0.3, -0.25) is 0 Å². The number of benzene rings is 2. The fourth-order valence-electron chi connectivity index (χ4n) is 2.27. The van der Waals surface area contributed by atoms with E-state index in [9.17, 15) is 13.2 Å². The molecule has 0 saturated carbocycles. The molecule has 2 aromatic carbocycles. The quantitative estimate of drug-likeness (QED) is 0.637. The number of halogens is 3. The van der Waals surface area contributed by atoms with E-state index in [1.54, 1.807) is 6.07 Å². The van der Waals surface area contributed by atoms with Crippen molar-refractivity contribution in [2.45, 2.75) is 25.9 Å². The highest BCUT2D eigenvalue weighted by molar-refractivity contribution is 5.92. The van der Waals surface area contributed by atoms with Gasteiger partial charge in [0.25, 0.3) is 0 Å². The van der Waals surface area contributed by atoms with Crippen LogP contribution in [0.4, 0.5) is 13.2 Å². The van der Waals surface area contributed by atoms with E-state index in [0.29, 0.717) is 5.39 Å². The smallest absolute Gasteiger partial charge is 0.166 e. The first kappa shape index (κ1) is 13.5. The van der Waals surface area contributed by atoms with E-state index in [2.05, 4.69) is 5.92 Å². The Hall–Kier alpha value is -1.95. The lowest BCUT2D eigenvalue weighted by atomic mass is 9.90. The van der Waals surface area contributed by atoms with Gasteiger partial charge in [0.2, 0.25) is 0 Å². The Morgan fingerprint density at radius 3 is 2.32 bits per heavy atom. The van der Waals surface area contributed by atoms with Crippen LogP contribution in [0.3, 0.4) is 0 Å². The third kappa shape index (κ3) is 2.31. The zero-order chi connectivity index (χ0) is 14.2. The molecule has 0 aliphatic heterocycles. The minimum atomic E-state index is -4.43. The summed E-state index contributed by atoms with van der Waals surface area (Å²) >= 11 is 0. The van der Waals surface area contributed by atoms with Crippen LogP contribution in [-0.4, -0.2) is 0 Å². The third-order valence-corrected chi connectivity index (χ3v) is 3.15. The summed E-state index contributed by atoms with van der Waals surface area (Å²) in [6, 6.07) is 7.98. The van der Waals surface area contributed by atoms with Gasteiger partial charge in [0, 0.05) is 10.9 Å². The molecule has 98 valence electrons. The van der Waals surface area contributed by atoms with Crippen LogP contribution in [0.15, 0.2) is 30.3 Å². The number of rotatable bonds is 1. The molecule has 0 saturated heterocycles. The summed E-state index contributed by atoms with van der Waals surface area (Å²) in [5, 5.41) is 1.28. The summed E-state index contributed by atoms with van der Waals surface area (Å²) < 4.78 is 39.0. The van der Waals surface area contributed by atoms with Crippen molar-refractivity contribution < 1.29 is 13.2 Å². The fraction of sp³-hybridized carbons (Fsp3) is 0.250. The van der Waals surface area contributed by atoms with Crippen LogP contribution in [0.25, 0.3) is 10.8 Å². The predicted molar refractivity (Wildman–Crippen MR) is 71.0 cm³/mol. The number of fused-ring (bicyclic) bond motifs is 1. The first-order valence-electron chi connectivity index (χ1n) is 5.95. The molecule has 0 fully saturated rings. The zero-order valence-electron chi connectivity index (χ0n) is 10.7.